The van der Waals surface area contributed by atoms with E-state index in [0.29, 0.717) is 19.4 Å². The zero-order chi connectivity index (χ0) is 11.1. The first-order chi connectivity index (χ1) is 7.26. The van der Waals surface area contributed by atoms with E-state index in [9.17, 15) is 4.39 Å². The van der Waals surface area contributed by atoms with E-state index in [2.05, 4.69) is 0 Å². The van der Waals surface area contributed by atoms with Gasteiger partial charge in [0, 0.05) is 0 Å². The van der Waals surface area contributed by atoms with Crippen LogP contribution in [0.3, 0.4) is 0 Å². The average Bonchev–Trinajstić information content (AvgIpc) is 2.27. The van der Waals surface area contributed by atoms with Crippen molar-refractivity contribution in [1.82, 2.24) is 0 Å². The van der Waals surface area contributed by atoms with Crippen molar-refractivity contribution in [2.24, 2.45) is 5.73 Å². The minimum absolute atomic E-state index is 0.420. The molecule has 0 unspecified atom stereocenters. The van der Waals surface area contributed by atoms with Crippen molar-refractivity contribution in [2.75, 3.05) is 13.7 Å². The fourth-order valence-electron chi connectivity index (χ4n) is 1.44. The van der Waals surface area contributed by atoms with Crippen LogP contribution in [0, 0.1) is 0 Å². The number of rotatable bonds is 6. The molecule has 0 fully saturated rings. The molecule has 2 N–H and O–H groups in total. The van der Waals surface area contributed by atoms with E-state index in [4.69, 9.17) is 10.5 Å². The summed E-state index contributed by atoms with van der Waals surface area (Å²) in [5.74, 6) is 0.831. The van der Waals surface area contributed by atoms with Gasteiger partial charge in [-0.25, -0.2) is 4.39 Å². The highest BCUT2D eigenvalue weighted by molar-refractivity contribution is 5.27. The fraction of sp³-hybridized carbons (Fsp3) is 0.500. The largest absolute Gasteiger partial charge is 0.497 e. The molecule has 2 nitrogen and oxygen atoms in total. The van der Waals surface area contributed by atoms with Gasteiger partial charge in [-0.1, -0.05) is 12.1 Å². The van der Waals surface area contributed by atoms with Crippen LogP contribution in [0.2, 0.25) is 0 Å². The summed E-state index contributed by atoms with van der Waals surface area (Å²) in [6.07, 6.45) is 0.974. The van der Waals surface area contributed by atoms with Crippen LogP contribution in [0.1, 0.15) is 18.4 Å². The first kappa shape index (κ1) is 12.0. The average molecular weight is 211 g/mol. The van der Waals surface area contributed by atoms with Crippen molar-refractivity contribution in [3.8, 4) is 5.75 Å². The molecule has 0 aromatic heterocycles. The van der Waals surface area contributed by atoms with Crippen molar-refractivity contribution in [3.63, 3.8) is 0 Å². The molecule has 0 heterocycles. The Morgan fingerprint density at radius 1 is 1.27 bits per heavy atom. The van der Waals surface area contributed by atoms with Gasteiger partial charge in [0.05, 0.1) is 7.11 Å². The molecule has 0 bridgehead atoms. The molecule has 0 aliphatic rings. The summed E-state index contributed by atoms with van der Waals surface area (Å²) in [7, 11) is 1.63. The van der Waals surface area contributed by atoms with Crippen LogP contribution in [0.15, 0.2) is 24.3 Å². The number of nitrogens with two attached hydrogens (primary N) is 1. The van der Waals surface area contributed by atoms with Gasteiger partial charge in [0.15, 0.2) is 0 Å². The van der Waals surface area contributed by atoms with Crippen LogP contribution in [0.25, 0.3) is 0 Å². The van der Waals surface area contributed by atoms with Crippen LogP contribution in [-0.4, -0.2) is 19.8 Å². The van der Waals surface area contributed by atoms with Gasteiger partial charge >= 0.3 is 0 Å². The lowest BCUT2D eigenvalue weighted by molar-refractivity contribution is 0.300. The van der Waals surface area contributed by atoms with Gasteiger partial charge in [-0.2, -0.15) is 0 Å². The monoisotopic (exact) mass is 211 g/mol. The topological polar surface area (TPSA) is 35.2 Å². The lowest BCUT2D eigenvalue weighted by atomic mass is 10.1. The summed E-state index contributed by atoms with van der Waals surface area (Å²) in [4.78, 5) is 0. The van der Waals surface area contributed by atoms with Crippen LogP contribution in [0.4, 0.5) is 4.39 Å². The molecule has 1 aromatic carbocycles. The molecule has 0 saturated carbocycles. The van der Waals surface area contributed by atoms with Crippen molar-refractivity contribution >= 4 is 0 Å². The highest BCUT2D eigenvalue weighted by atomic mass is 19.1. The number of aryl methyl sites for hydroxylation is 1. The standard InChI is InChI=1S/C12H18FNO/c1-15-12-6-3-10(4-7-12)2-5-11(13)8-9-14/h3-4,6-7,11H,2,5,8-9,14H2,1H3/t11-/m1/s1. The van der Waals surface area contributed by atoms with E-state index in [-0.39, 0.29) is 0 Å². The van der Waals surface area contributed by atoms with Gasteiger partial charge in [0.25, 0.3) is 0 Å². The van der Waals surface area contributed by atoms with E-state index in [0.717, 1.165) is 17.7 Å². The van der Waals surface area contributed by atoms with Crippen molar-refractivity contribution in [3.05, 3.63) is 29.8 Å². The van der Waals surface area contributed by atoms with Gasteiger partial charge in [-0.15, -0.1) is 0 Å². The molecule has 15 heavy (non-hydrogen) atoms. The van der Waals surface area contributed by atoms with Gasteiger partial charge in [0.2, 0.25) is 0 Å². The van der Waals surface area contributed by atoms with Crippen LogP contribution < -0.4 is 10.5 Å². The third-order valence-corrected chi connectivity index (χ3v) is 2.39. The second kappa shape index (κ2) is 6.40. The van der Waals surface area contributed by atoms with Crippen LogP contribution in [-0.2, 0) is 6.42 Å². The van der Waals surface area contributed by atoms with Crippen LogP contribution in [0.5, 0.6) is 5.75 Å². The zero-order valence-electron chi connectivity index (χ0n) is 9.08. The highest BCUT2D eigenvalue weighted by Crippen LogP contribution is 2.14. The second-order valence-corrected chi connectivity index (χ2v) is 3.56. The third kappa shape index (κ3) is 4.30. The Kier molecular flexibility index (Phi) is 5.12. The summed E-state index contributed by atoms with van der Waals surface area (Å²) in [5.41, 5.74) is 6.41. The van der Waals surface area contributed by atoms with E-state index in [1.165, 1.54) is 0 Å². The molecule has 0 aliphatic heterocycles. The molecule has 0 amide bonds. The Morgan fingerprint density at radius 2 is 1.93 bits per heavy atom. The SMILES string of the molecule is COc1ccc(CC[C@@H](F)CCN)cc1. The molecular weight excluding hydrogens is 193 g/mol. The van der Waals surface area contributed by atoms with E-state index in [1.54, 1.807) is 7.11 Å². The number of benzene rings is 1. The van der Waals surface area contributed by atoms with Gasteiger partial charge in [-0.05, 0) is 43.5 Å². The van der Waals surface area contributed by atoms with E-state index in [1.807, 2.05) is 24.3 Å². The Hall–Kier alpha value is -1.09. The summed E-state index contributed by atoms with van der Waals surface area (Å²) < 4.78 is 18.2. The molecule has 0 saturated heterocycles. The Morgan fingerprint density at radius 3 is 2.47 bits per heavy atom. The van der Waals surface area contributed by atoms with Crippen LogP contribution >= 0.6 is 0 Å². The number of hydrogen-bond acceptors (Lipinski definition) is 2. The molecule has 1 atom stereocenters. The summed E-state index contributed by atoms with van der Waals surface area (Å²) in [6, 6.07) is 7.72. The quantitative estimate of drug-likeness (QED) is 0.783. The molecule has 0 spiro atoms. The maximum Gasteiger partial charge on any atom is 0.118 e. The fourth-order valence-corrected chi connectivity index (χ4v) is 1.44. The highest BCUT2D eigenvalue weighted by Gasteiger charge is 2.05. The first-order valence-corrected chi connectivity index (χ1v) is 5.23. The third-order valence-electron chi connectivity index (χ3n) is 2.39. The molecular formula is C12H18FNO. The predicted octanol–water partition coefficient (Wildman–Crippen LogP) is 2.31. The van der Waals surface area contributed by atoms with E-state index >= 15 is 0 Å². The maximum absolute atomic E-state index is 13.1. The first-order valence-electron chi connectivity index (χ1n) is 5.23. The Labute approximate surface area is 90.2 Å². The minimum Gasteiger partial charge on any atom is -0.497 e. The van der Waals surface area contributed by atoms with Gasteiger partial charge < -0.3 is 10.5 Å². The van der Waals surface area contributed by atoms with Crippen molar-refractivity contribution < 1.29 is 9.13 Å². The smallest absolute Gasteiger partial charge is 0.118 e. The maximum atomic E-state index is 13.1. The summed E-state index contributed by atoms with van der Waals surface area (Å²) >= 11 is 0. The Bertz CT molecular complexity index is 273. The number of ether oxygens (including phenoxy) is 1. The van der Waals surface area contributed by atoms with Gasteiger partial charge in [-0.3, -0.25) is 0 Å². The number of hydrogen-bond donors (Lipinski definition) is 1. The van der Waals surface area contributed by atoms with E-state index < -0.39 is 6.17 Å². The molecule has 1 rings (SSSR count). The zero-order valence-corrected chi connectivity index (χ0v) is 9.08. The normalized spacial score (nSPS) is 12.5. The lowest BCUT2D eigenvalue weighted by Crippen LogP contribution is -2.09. The molecule has 1 aromatic rings. The molecule has 0 radical (unpaired) electrons. The number of methoxy groups -OCH3 is 1. The second-order valence-electron chi connectivity index (χ2n) is 3.56. The minimum atomic E-state index is -0.780. The van der Waals surface area contributed by atoms with Gasteiger partial charge in [0.1, 0.15) is 11.9 Å². The molecule has 84 valence electrons. The summed E-state index contributed by atoms with van der Waals surface area (Å²) in [5, 5.41) is 0. The lowest BCUT2D eigenvalue weighted by Gasteiger charge is -2.07. The summed E-state index contributed by atoms with van der Waals surface area (Å²) in [6.45, 7) is 0.420. The predicted molar refractivity (Wildman–Crippen MR) is 59.9 cm³/mol. The number of alkyl halides is 1. The molecule has 3 heteroatoms. The molecule has 0 aliphatic carbocycles. The number of halogens is 1. The van der Waals surface area contributed by atoms with Crippen molar-refractivity contribution in [1.29, 1.82) is 0 Å². The Balaban J connectivity index is 2.37. The van der Waals surface area contributed by atoms with Crippen molar-refractivity contribution in [2.45, 2.75) is 25.4 Å².